The van der Waals surface area contributed by atoms with Gasteiger partial charge < -0.3 is 4.90 Å². The molecule has 0 N–H and O–H groups in total. The predicted molar refractivity (Wildman–Crippen MR) is 44.9 cm³/mol. The lowest BCUT2D eigenvalue weighted by Crippen LogP contribution is -2.23. The molecule has 0 saturated carbocycles. The average Bonchev–Trinajstić information content (AvgIpc) is 2.05. The Kier molecular flexibility index (Phi) is 2.47. The highest BCUT2D eigenvalue weighted by molar-refractivity contribution is 5.75. The number of amides is 1. The van der Waals surface area contributed by atoms with Crippen LogP contribution in [0.4, 0.5) is 0 Å². The van der Waals surface area contributed by atoms with Gasteiger partial charge >= 0.3 is 0 Å². The minimum absolute atomic E-state index is 0.103. The Labute approximate surface area is 67.2 Å². The second kappa shape index (κ2) is 3.37. The maximum absolute atomic E-state index is 10.9. The Morgan fingerprint density at radius 2 is 2.36 bits per heavy atom. The van der Waals surface area contributed by atoms with E-state index in [1.54, 1.807) is 11.8 Å². The third-order valence-corrected chi connectivity index (χ3v) is 1.90. The van der Waals surface area contributed by atoms with Gasteiger partial charge in [-0.2, -0.15) is 0 Å². The van der Waals surface area contributed by atoms with Crippen LogP contribution in [0.2, 0.25) is 0 Å². The van der Waals surface area contributed by atoms with Crippen molar-refractivity contribution >= 4 is 5.91 Å². The largest absolute Gasteiger partial charge is 0.320 e. The van der Waals surface area contributed by atoms with E-state index in [9.17, 15) is 4.79 Å². The van der Waals surface area contributed by atoms with Gasteiger partial charge in [0.1, 0.15) is 0 Å². The summed E-state index contributed by atoms with van der Waals surface area (Å²) in [5.74, 6) is 0.103. The van der Waals surface area contributed by atoms with Gasteiger partial charge in [-0.05, 0) is 18.9 Å². The molecule has 1 rings (SSSR count). The lowest BCUT2D eigenvalue weighted by atomic mass is 10.1. The van der Waals surface area contributed by atoms with Crippen LogP contribution >= 0.6 is 0 Å². The van der Waals surface area contributed by atoms with E-state index in [0.29, 0.717) is 0 Å². The fourth-order valence-corrected chi connectivity index (χ4v) is 1.07. The molecule has 0 radical (unpaired) electrons. The van der Waals surface area contributed by atoms with Gasteiger partial charge in [-0.3, -0.25) is 4.79 Å². The van der Waals surface area contributed by atoms with Crippen LogP contribution in [-0.2, 0) is 4.79 Å². The standard InChI is InChI=1S/C9H13NO/c1-8(11)10(2)9-6-4-3-5-7-9/h3-4,6H,5,7H2,1-2H3. The average molecular weight is 151 g/mol. The van der Waals surface area contributed by atoms with E-state index in [2.05, 4.69) is 6.08 Å². The summed E-state index contributed by atoms with van der Waals surface area (Å²) in [6, 6.07) is 0. The lowest BCUT2D eigenvalue weighted by Gasteiger charge is -2.19. The maximum atomic E-state index is 10.9. The molecular weight excluding hydrogens is 138 g/mol. The monoisotopic (exact) mass is 151 g/mol. The number of nitrogens with zero attached hydrogens (tertiary/aromatic N) is 1. The van der Waals surface area contributed by atoms with Crippen molar-refractivity contribution in [3.05, 3.63) is 23.9 Å². The van der Waals surface area contributed by atoms with Crippen LogP contribution in [0, 0.1) is 0 Å². The van der Waals surface area contributed by atoms with Crippen molar-refractivity contribution in [1.29, 1.82) is 0 Å². The highest BCUT2D eigenvalue weighted by Crippen LogP contribution is 2.14. The molecule has 1 aliphatic rings. The first-order valence-corrected chi connectivity index (χ1v) is 3.82. The van der Waals surface area contributed by atoms with E-state index in [1.807, 2.05) is 19.2 Å². The fourth-order valence-electron chi connectivity index (χ4n) is 1.07. The lowest BCUT2D eigenvalue weighted by molar-refractivity contribution is -0.125. The third kappa shape index (κ3) is 1.93. The molecular formula is C9H13NO. The summed E-state index contributed by atoms with van der Waals surface area (Å²) in [6.45, 7) is 1.58. The summed E-state index contributed by atoms with van der Waals surface area (Å²) in [5, 5.41) is 0. The molecule has 0 spiro atoms. The number of allylic oxidation sites excluding steroid dienone is 4. The SMILES string of the molecule is CC(=O)N(C)C1=CC=CCC1. The molecule has 11 heavy (non-hydrogen) atoms. The van der Waals surface area contributed by atoms with Crippen LogP contribution in [0.1, 0.15) is 19.8 Å². The van der Waals surface area contributed by atoms with Gasteiger partial charge in [-0.25, -0.2) is 0 Å². The number of rotatable bonds is 1. The van der Waals surface area contributed by atoms with E-state index in [4.69, 9.17) is 0 Å². The van der Waals surface area contributed by atoms with Gasteiger partial charge in [0.25, 0.3) is 0 Å². The third-order valence-electron chi connectivity index (χ3n) is 1.90. The van der Waals surface area contributed by atoms with Crippen molar-refractivity contribution in [3.8, 4) is 0 Å². The number of hydrogen-bond acceptors (Lipinski definition) is 1. The Bertz CT molecular complexity index is 216. The molecule has 0 aromatic carbocycles. The van der Waals surface area contributed by atoms with Gasteiger partial charge in [-0.15, -0.1) is 0 Å². The van der Waals surface area contributed by atoms with E-state index < -0.39 is 0 Å². The molecule has 0 saturated heterocycles. The van der Waals surface area contributed by atoms with Crippen LogP contribution in [-0.4, -0.2) is 17.9 Å². The number of hydrogen-bond donors (Lipinski definition) is 0. The van der Waals surface area contributed by atoms with Crippen molar-refractivity contribution in [3.63, 3.8) is 0 Å². The number of carbonyl (C=O) groups is 1. The summed E-state index contributed by atoms with van der Waals surface area (Å²) < 4.78 is 0. The molecule has 2 heteroatoms. The summed E-state index contributed by atoms with van der Waals surface area (Å²) in [4.78, 5) is 12.6. The van der Waals surface area contributed by atoms with Crippen molar-refractivity contribution in [1.82, 2.24) is 4.90 Å². The molecule has 60 valence electrons. The Morgan fingerprint density at radius 1 is 1.64 bits per heavy atom. The molecule has 0 aliphatic heterocycles. The Morgan fingerprint density at radius 3 is 2.82 bits per heavy atom. The number of carbonyl (C=O) groups excluding carboxylic acids is 1. The Balaban J connectivity index is 2.66. The molecule has 0 bridgehead atoms. The zero-order valence-corrected chi connectivity index (χ0v) is 7.00. The first-order valence-electron chi connectivity index (χ1n) is 3.82. The zero-order valence-electron chi connectivity index (χ0n) is 7.00. The van der Waals surface area contributed by atoms with Crippen molar-refractivity contribution in [2.24, 2.45) is 0 Å². The molecule has 2 nitrogen and oxygen atoms in total. The summed E-state index contributed by atoms with van der Waals surface area (Å²) >= 11 is 0. The zero-order chi connectivity index (χ0) is 8.27. The topological polar surface area (TPSA) is 20.3 Å². The minimum Gasteiger partial charge on any atom is -0.320 e. The maximum Gasteiger partial charge on any atom is 0.223 e. The Hall–Kier alpha value is -1.05. The van der Waals surface area contributed by atoms with E-state index in [0.717, 1.165) is 18.5 Å². The molecule has 0 fully saturated rings. The first-order chi connectivity index (χ1) is 5.22. The van der Waals surface area contributed by atoms with Gasteiger partial charge in [0, 0.05) is 19.7 Å². The van der Waals surface area contributed by atoms with Gasteiger partial charge in [0.2, 0.25) is 5.91 Å². The molecule has 0 aromatic rings. The minimum atomic E-state index is 0.103. The molecule has 0 heterocycles. The highest BCUT2D eigenvalue weighted by atomic mass is 16.2. The molecule has 0 unspecified atom stereocenters. The van der Waals surface area contributed by atoms with Gasteiger partial charge in [-0.1, -0.05) is 12.2 Å². The summed E-state index contributed by atoms with van der Waals surface area (Å²) in [7, 11) is 1.81. The summed E-state index contributed by atoms with van der Waals surface area (Å²) in [6.07, 6.45) is 8.12. The van der Waals surface area contributed by atoms with Crippen LogP contribution in [0.3, 0.4) is 0 Å². The predicted octanol–water partition coefficient (Wildman–Crippen LogP) is 1.70. The second-order valence-electron chi connectivity index (χ2n) is 2.70. The van der Waals surface area contributed by atoms with Gasteiger partial charge in [0.15, 0.2) is 0 Å². The van der Waals surface area contributed by atoms with Crippen LogP contribution in [0.5, 0.6) is 0 Å². The van der Waals surface area contributed by atoms with E-state index >= 15 is 0 Å². The van der Waals surface area contributed by atoms with Crippen LogP contribution < -0.4 is 0 Å². The normalized spacial score (nSPS) is 16.0. The molecule has 1 amide bonds. The smallest absolute Gasteiger partial charge is 0.223 e. The highest BCUT2D eigenvalue weighted by Gasteiger charge is 2.08. The quantitative estimate of drug-likeness (QED) is 0.558. The van der Waals surface area contributed by atoms with Crippen LogP contribution in [0.25, 0.3) is 0 Å². The molecule has 0 atom stereocenters. The van der Waals surface area contributed by atoms with Crippen molar-refractivity contribution in [2.45, 2.75) is 19.8 Å². The van der Waals surface area contributed by atoms with E-state index in [-0.39, 0.29) is 5.91 Å². The second-order valence-corrected chi connectivity index (χ2v) is 2.70. The van der Waals surface area contributed by atoms with E-state index in [1.165, 1.54) is 0 Å². The summed E-state index contributed by atoms with van der Waals surface area (Å²) in [5.41, 5.74) is 1.11. The van der Waals surface area contributed by atoms with Crippen molar-refractivity contribution < 1.29 is 4.79 Å². The first kappa shape index (κ1) is 8.05. The van der Waals surface area contributed by atoms with Crippen molar-refractivity contribution in [2.75, 3.05) is 7.05 Å². The fraction of sp³-hybridized carbons (Fsp3) is 0.444. The van der Waals surface area contributed by atoms with Crippen LogP contribution in [0.15, 0.2) is 23.9 Å². The molecule has 0 aromatic heterocycles. The molecule has 1 aliphatic carbocycles. The van der Waals surface area contributed by atoms with Gasteiger partial charge in [0.05, 0.1) is 0 Å².